The van der Waals surface area contributed by atoms with E-state index in [2.05, 4.69) is 16.7 Å². The summed E-state index contributed by atoms with van der Waals surface area (Å²) in [6.45, 7) is 3.06. The fraction of sp³-hybridized carbons (Fsp3) is 0.889. The summed E-state index contributed by atoms with van der Waals surface area (Å²) in [6.07, 6.45) is 8.97. The van der Waals surface area contributed by atoms with Crippen molar-refractivity contribution in [2.75, 3.05) is 40.8 Å². The molecule has 0 heterocycles. The lowest BCUT2D eigenvalue weighted by Crippen LogP contribution is -2.31. The second-order valence-corrected chi connectivity index (χ2v) is 6.86. The standard InChI is InChI=1S/C18H34N2O3/c1-19(15-16-9-4-5-10-16)13-8-14-20(2)17(21)11-6-7-12-18(22)23-3/h16H,4-15H2,1-3H3. The average molecular weight is 326 g/mol. The van der Waals surface area contributed by atoms with Gasteiger partial charge in [0.25, 0.3) is 0 Å². The molecule has 1 rings (SSSR count). The van der Waals surface area contributed by atoms with Gasteiger partial charge in [0.2, 0.25) is 5.91 Å². The number of hydrogen-bond acceptors (Lipinski definition) is 4. The summed E-state index contributed by atoms with van der Waals surface area (Å²) in [7, 11) is 5.46. The summed E-state index contributed by atoms with van der Waals surface area (Å²) in [4.78, 5) is 27.2. The van der Waals surface area contributed by atoms with Crippen molar-refractivity contribution in [3.05, 3.63) is 0 Å². The van der Waals surface area contributed by atoms with E-state index in [1.807, 2.05) is 11.9 Å². The zero-order chi connectivity index (χ0) is 17.1. The van der Waals surface area contributed by atoms with Crippen LogP contribution in [-0.2, 0) is 14.3 Å². The van der Waals surface area contributed by atoms with Crippen molar-refractivity contribution < 1.29 is 14.3 Å². The van der Waals surface area contributed by atoms with Crippen LogP contribution in [0.2, 0.25) is 0 Å². The molecule has 0 atom stereocenters. The minimum atomic E-state index is -0.198. The Bertz CT molecular complexity index is 354. The Hall–Kier alpha value is -1.10. The highest BCUT2D eigenvalue weighted by atomic mass is 16.5. The molecule has 1 fully saturated rings. The van der Waals surface area contributed by atoms with Crippen LogP contribution in [0.15, 0.2) is 0 Å². The fourth-order valence-electron chi connectivity index (χ4n) is 3.27. The molecule has 0 aliphatic heterocycles. The maximum atomic E-state index is 12.0. The quantitative estimate of drug-likeness (QED) is 0.433. The Labute approximate surface area is 141 Å². The highest BCUT2D eigenvalue weighted by molar-refractivity contribution is 5.75. The van der Waals surface area contributed by atoms with Gasteiger partial charge in [-0.3, -0.25) is 9.59 Å². The summed E-state index contributed by atoms with van der Waals surface area (Å²) in [5.41, 5.74) is 0. The van der Waals surface area contributed by atoms with Crippen LogP contribution in [0.4, 0.5) is 0 Å². The number of rotatable bonds is 11. The Morgan fingerprint density at radius 1 is 1.00 bits per heavy atom. The Morgan fingerprint density at radius 3 is 2.30 bits per heavy atom. The van der Waals surface area contributed by atoms with Crippen molar-refractivity contribution in [2.24, 2.45) is 5.92 Å². The first-order valence-electron chi connectivity index (χ1n) is 9.02. The number of methoxy groups -OCH3 is 1. The van der Waals surface area contributed by atoms with Gasteiger partial charge >= 0.3 is 5.97 Å². The smallest absolute Gasteiger partial charge is 0.305 e. The van der Waals surface area contributed by atoms with Crippen LogP contribution in [0.25, 0.3) is 0 Å². The van der Waals surface area contributed by atoms with Crippen molar-refractivity contribution in [1.29, 1.82) is 0 Å². The van der Waals surface area contributed by atoms with Gasteiger partial charge in [-0.15, -0.1) is 0 Å². The molecule has 0 aromatic heterocycles. The number of nitrogens with zero attached hydrogens (tertiary/aromatic N) is 2. The van der Waals surface area contributed by atoms with E-state index in [-0.39, 0.29) is 11.9 Å². The molecule has 0 N–H and O–H groups in total. The molecule has 0 radical (unpaired) electrons. The van der Waals surface area contributed by atoms with E-state index in [9.17, 15) is 9.59 Å². The second-order valence-electron chi connectivity index (χ2n) is 6.86. The number of carbonyl (C=O) groups excluding carboxylic acids is 2. The maximum absolute atomic E-state index is 12.0. The van der Waals surface area contributed by atoms with Gasteiger partial charge in [0, 0.05) is 33.0 Å². The first kappa shape index (κ1) is 19.9. The first-order chi connectivity index (χ1) is 11.0. The van der Waals surface area contributed by atoms with Crippen LogP contribution in [0, 0.1) is 5.92 Å². The zero-order valence-corrected chi connectivity index (χ0v) is 15.2. The molecule has 0 aromatic carbocycles. The third kappa shape index (κ3) is 8.94. The summed E-state index contributed by atoms with van der Waals surface area (Å²) in [5, 5.41) is 0. The van der Waals surface area contributed by atoms with Gasteiger partial charge in [-0.1, -0.05) is 12.8 Å². The third-order valence-corrected chi connectivity index (χ3v) is 4.75. The molecule has 0 spiro atoms. The van der Waals surface area contributed by atoms with Crippen LogP contribution in [-0.4, -0.2) is 62.5 Å². The molecule has 0 bridgehead atoms. The van der Waals surface area contributed by atoms with Crippen molar-refractivity contribution in [1.82, 2.24) is 9.80 Å². The zero-order valence-electron chi connectivity index (χ0n) is 15.2. The molecule has 5 heteroatoms. The largest absolute Gasteiger partial charge is 0.469 e. The molecular formula is C18H34N2O3. The summed E-state index contributed by atoms with van der Waals surface area (Å²) in [6, 6.07) is 0. The van der Waals surface area contributed by atoms with Crippen LogP contribution in [0.3, 0.4) is 0 Å². The third-order valence-electron chi connectivity index (χ3n) is 4.75. The van der Waals surface area contributed by atoms with Gasteiger partial charge in [0.05, 0.1) is 7.11 Å². The minimum Gasteiger partial charge on any atom is -0.469 e. The van der Waals surface area contributed by atoms with E-state index >= 15 is 0 Å². The Balaban J connectivity index is 2.04. The number of carbonyl (C=O) groups is 2. The van der Waals surface area contributed by atoms with Gasteiger partial charge in [-0.2, -0.15) is 0 Å². The predicted octanol–water partition coefficient (Wildman–Crippen LogP) is 2.69. The summed E-state index contributed by atoms with van der Waals surface area (Å²) in [5.74, 6) is 0.860. The monoisotopic (exact) mass is 326 g/mol. The molecule has 0 aromatic rings. The van der Waals surface area contributed by atoms with Crippen molar-refractivity contribution in [3.8, 4) is 0 Å². The van der Waals surface area contributed by atoms with Gasteiger partial charge < -0.3 is 14.5 Å². The van der Waals surface area contributed by atoms with Crippen molar-refractivity contribution >= 4 is 11.9 Å². The van der Waals surface area contributed by atoms with Crippen molar-refractivity contribution in [3.63, 3.8) is 0 Å². The number of ether oxygens (including phenoxy) is 1. The molecule has 1 aliphatic carbocycles. The normalized spacial score (nSPS) is 15.1. The van der Waals surface area contributed by atoms with Gasteiger partial charge in [0.15, 0.2) is 0 Å². The van der Waals surface area contributed by atoms with Gasteiger partial charge in [-0.05, 0) is 51.6 Å². The molecule has 0 saturated heterocycles. The first-order valence-corrected chi connectivity index (χ1v) is 9.02. The lowest BCUT2D eigenvalue weighted by Gasteiger charge is -2.23. The lowest BCUT2D eigenvalue weighted by atomic mass is 10.1. The maximum Gasteiger partial charge on any atom is 0.305 e. The molecule has 5 nitrogen and oxygen atoms in total. The van der Waals surface area contributed by atoms with Gasteiger partial charge in [-0.25, -0.2) is 0 Å². The van der Waals surface area contributed by atoms with E-state index < -0.39 is 0 Å². The van der Waals surface area contributed by atoms with Crippen LogP contribution >= 0.6 is 0 Å². The lowest BCUT2D eigenvalue weighted by molar-refractivity contribution is -0.141. The highest BCUT2D eigenvalue weighted by Crippen LogP contribution is 2.25. The number of amides is 1. The van der Waals surface area contributed by atoms with Crippen molar-refractivity contribution in [2.45, 2.75) is 57.8 Å². The van der Waals surface area contributed by atoms with E-state index in [0.717, 1.165) is 38.3 Å². The number of unbranched alkanes of at least 4 members (excludes halogenated alkanes) is 1. The second kappa shape index (κ2) is 11.4. The average Bonchev–Trinajstić information content (AvgIpc) is 3.03. The predicted molar refractivity (Wildman–Crippen MR) is 92.2 cm³/mol. The van der Waals surface area contributed by atoms with Crippen LogP contribution in [0.5, 0.6) is 0 Å². The van der Waals surface area contributed by atoms with E-state index in [1.165, 1.54) is 39.3 Å². The number of esters is 1. The summed E-state index contributed by atoms with van der Waals surface area (Å²) < 4.78 is 4.59. The summed E-state index contributed by atoms with van der Waals surface area (Å²) >= 11 is 0. The fourth-order valence-corrected chi connectivity index (χ4v) is 3.27. The molecule has 1 amide bonds. The van der Waals surface area contributed by atoms with Gasteiger partial charge in [0.1, 0.15) is 0 Å². The molecule has 1 saturated carbocycles. The molecule has 134 valence electrons. The SMILES string of the molecule is COC(=O)CCCCC(=O)N(C)CCCN(C)CC1CCCC1. The molecule has 0 unspecified atom stereocenters. The minimum absolute atomic E-state index is 0.174. The molecule has 1 aliphatic rings. The van der Waals surface area contributed by atoms with E-state index in [1.54, 1.807) is 0 Å². The Kier molecular flexibility index (Phi) is 9.92. The highest BCUT2D eigenvalue weighted by Gasteiger charge is 2.16. The molecule has 23 heavy (non-hydrogen) atoms. The number of hydrogen-bond donors (Lipinski definition) is 0. The Morgan fingerprint density at radius 2 is 1.65 bits per heavy atom. The van der Waals surface area contributed by atoms with E-state index in [0.29, 0.717) is 12.8 Å². The topological polar surface area (TPSA) is 49.9 Å². The molecular weight excluding hydrogens is 292 g/mol. The van der Waals surface area contributed by atoms with Crippen LogP contribution in [0.1, 0.15) is 57.8 Å². The van der Waals surface area contributed by atoms with Crippen LogP contribution < -0.4 is 0 Å². The van der Waals surface area contributed by atoms with E-state index in [4.69, 9.17) is 0 Å².